The molecule has 0 rings (SSSR count). The zero-order valence-electron chi connectivity index (χ0n) is 26.1. The van der Waals surface area contributed by atoms with Gasteiger partial charge in [-0.1, -0.05) is 25.8 Å². The standard InChI is InChI=1S/H51P51/c1-27-40(26)47(41(28(2)3)29(4)5)50(46(38(22)23)39(24)25)51(48(42(30(6)7)31(8)9)43(32(10)11)33(12)13)49(44(34(14)15)35(16)17)45(36(18)19)37(20)21/h1-2,27H,3-26H2. The minimum absolute atomic E-state index is 0.140. The lowest BCUT2D eigenvalue weighted by Crippen LogP contribution is -1.71. The van der Waals surface area contributed by atoms with E-state index < -0.39 is 0 Å². The quantitative estimate of drug-likeness (QED) is 0.0845. The monoisotopic (exact) mass is 1630 g/mol. The Bertz CT molecular complexity index is 748. The van der Waals surface area contributed by atoms with E-state index in [1.54, 1.807) is 0 Å². The fraction of sp³-hybridized carbons (Fsp3) is 0. The summed E-state index contributed by atoms with van der Waals surface area (Å²) >= 11 is 0. The van der Waals surface area contributed by atoms with Crippen molar-refractivity contribution in [3.8, 4) is 0 Å². The van der Waals surface area contributed by atoms with Gasteiger partial charge in [-0.15, -0.1) is 214 Å². The molecule has 0 aliphatic rings. The third kappa shape index (κ3) is 26.2. The summed E-state index contributed by atoms with van der Waals surface area (Å²) in [4.78, 5) is 0. The average molecular weight is 1630 g/mol. The number of rotatable bonds is 24. The first-order valence-electron chi connectivity index (χ1n) is 11.5. The zero-order valence-corrected chi connectivity index (χ0v) is 78.3. The van der Waals surface area contributed by atoms with Crippen LogP contribution < -0.4 is 0 Å². The Labute approximate surface area is 402 Å². The minimum Gasteiger partial charge on any atom is -0.102 e. The van der Waals surface area contributed by atoms with E-state index in [1.165, 1.54) is 0 Å². The van der Waals surface area contributed by atoms with E-state index in [0.717, 1.165) is 7.96 Å². The first-order valence-corrected chi connectivity index (χ1v) is 103. The van der Waals surface area contributed by atoms with Gasteiger partial charge >= 0.3 is 0 Å². The molecule has 51 heteroatoms. The Morgan fingerprint density at radius 2 is 0.392 bits per heavy atom. The predicted octanol–water partition coefficient (Wildman–Crippen LogP) is 30.3. The van der Waals surface area contributed by atoms with Gasteiger partial charge in [0.25, 0.3) is 0 Å². The van der Waals surface area contributed by atoms with Crippen LogP contribution in [-0.2, 0) is 0 Å². The highest BCUT2D eigenvalue weighted by Crippen LogP contribution is 3.46. The Morgan fingerprint density at radius 3 is 0.529 bits per heavy atom. The van der Waals surface area contributed by atoms with Gasteiger partial charge in [0.05, 0.1) is 0 Å². The second kappa shape index (κ2) is 40.2. The van der Waals surface area contributed by atoms with Crippen LogP contribution >= 0.6 is 408 Å². The van der Waals surface area contributed by atoms with Crippen molar-refractivity contribution in [1.82, 2.24) is 0 Å². The molecule has 0 spiro atoms. The Balaban J connectivity index is 9.62. The fourth-order valence-corrected chi connectivity index (χ4v) is 719. The topological polar surface area (TPSA) is 0 Å². The van der Waals surface area contributed by atoms with E-state index in [2.05, 4.69) is 232 Å². The Morgan fingerprint density at radius 1 is 0.235 bits per heavy atom. The van der Waals surface area contributed by atoms with Crippen LogP contribution in [0.3, 0.4) is 0 Å². The van der Waals surface area contributed by atoms with Crippen molar-refractivity contribution in [2.45, 2.75) is 0 Å². The molecule has 0 fully saturated rings. The zero-order chi connectivity index (χ0) is 40.6. The largest absolute Gasteiger partial charge is 0.102 e. The van der Waals surface area contributed by atoms with E-state index in [4.69, 9.17) is 0 Å². The van der Waals surface area contributed by atoms with Crippen LogP contribution in [0, 0.1) is 0 Å². The molecule has 0 N–H and O–H groups in total. The predicted molar refractivity (Wildman–Crippen MR) is 424 cm³/mol. The summed E-state index contributed by atoms with van der Waals surface area (Å²) in [6.07, 6.45) is 0. The molecule has 0 aliphatic heterocycles. The smallest absolute Gasteiger partial charge is 0.0000143 e. The average Bonchev–Trinajstić information content (AvgIpc) is 2.92. The van der Waals surface area contributed by atoms with Crippen LogP contribution in [0.2, 0.25) is 0 Å². The van der Waals surface area contributed by atoms with Crippen LogP contribution in [0.1, 0.15) is 0 Å². The van der Waals surface area contributed by atoms with Gasteiger partial charge in [0, 0.05) is 0 Å². The first-order chi connectivity index (χ1) is 23.2. The third-order valence-electron chi connectivity index (χ3n) is 4.37. The SMILES string of the molecule is [PH]PP(P)P(P(P([PH])P)P(P)P)P(P(P(P)P)P(P)P)P(P(P(P(P)P)P(P)P)P(P(P)P)P(P)P)P(P(P(P)P)P(P)P)P(P(P)P)P(P)P. The van der Waals surface area contributed by atoms with E-state index >= 15 is 0 Å². The van der Waals surface area contributed by atoms with Crippen molar-refractivity contribution in [3.05, 3.63) is 0 Å². The van der Waals surface area contributed by atoms with Crippen LogP contribution in [0.4, 0.5) is 0 Å². The maximum atomic E-state index is 4.49. The summed E-state index contributed by atoms with van der Waals surface area (Å²) in [6.45, 7) is -4.48. The van der Waals surface area contributed by atoms with E-state index in [9.17, 15) is 0 Å². The summed E-state index contributed by atoms with van der Waals surface area (Å²) in [5.41, 5.74) is 0. The molecule has 306 valence electrons. The van der Waals surface area contributed by atoms with E-state index in [1.807, 2.05) is 0 Å². The molecule has 2 radical (unpaired) electrons. The molecule has 0 aromatic heterocycles. The van der Waals surface area contributed by atoms with Gasteiger partial charge in [-0.2, -0.15) is 0 Å². The van der Waals surface area contributed by atoms with Gasteiger partial charge in [0.1, 0.15) is 0 Å². The van der Waals surface area contributed by atoms with Crippen LogP contribution in [0.15, 0.2) is 0 Å². The first kappa shape index (κ1) is 72.9. The Kier molecular flexibility index (Phi) is 57.4. The highest BCUT2D eigenvalue weighted by Gasteiger charge is 2.58. The van der Waals surface area contributed by atoms with E-state index in [-0.39, 0.29) is 168 Å². The molecule has 51 heavy (non-hydrogen) atoms. The van der Waals surface area contributed by atoms with Gasteiger partial charge in [-0.25, -0.2) is 0 Å². The maximum Gasteiger partial charge on any atom is -0.0000143 e. The molecule has 0 nitrogen and oxygen atoms in total. The number of hydrogen-bond acceptors (Lipinski definition) is 0. The lowest BCUT2D eigenvalue weighted by molar-refractivity contribution is 4.35. The third-order valence-corrected chi connectivity index (χ3v) is 354. The van der Waals surface area contributed by atoms with Crippen molar-refractivity contribution in [2.24, 2.45) is 0 Å². The van der Waals surface area contributed by atoms with Crippen molar-refractivity contribution < 1.29 is 0 Å². The number of hydrogen-bond donors (Lipinski definition) is 0. The molecule has 0 bridgehead atoms. The molecule has 0 amide bonds. The summed E-state index contributed by atoms with van der Waals surface area (Å²) in [5.74, 6) is 0. The van der Waals surface area contributed by atoms with Crippen molar-refractivity contribution >= 4 is 408 Å². The molecular weight excluding hydrogens is 1580 g/mol. The molecule has 0 aromatic carbocycles. The molecule has 30 unspecified atom stereocenters. The molecule has 0 heterocycles. The highest BCUT2D eigenvalue weighted by molar-refractivity contribution is 9.52. The molecular formula is H51P51. The second-order valence-electron chi connectivity index (χ2n) is 7.93. The summed E-state index contributed by atoms with van der Waals surface area (Å²) in [7, 11) is 93.2. The van der Waals surface area contributed by atoms with Gasteiger partial charge in [-0.3, -0.25) is 0 Å². The van der Waals surface area contributed by atoms with Crippen molar-refractivity contribution in [1.29, 1.82) is 0 Å². The molecule has 0 aromatic rings. The van der Waals surface area contributed by atoms with Crippen LogP contribution in [0.25, 0.3) is 0 Å². The highest BCUT2D eigenvalue weighted by atomic mass is 33.6. The van der Waals surface area contributed by atoms with Crippen molar-refractivity contribution in [2.75, 3.05) is 0 Å². The molecule has 0 saturated carbocycles. The fourth-order valence-electron chi connectivity index (χ4n) is 2.96. The molecule has 30 atom stereocenters. The minimum atomic E-state index is -0.286. The van der Waals surface area contributed by atoms with Crippen LogP contribution in [-0.4, -0.2) is 0 Å². The lowest BCUT2D eigenvalue weighted by atomic mass is 28.4. The molecule has 0 saturated heterocycles. The van der Waals surface area contributed by atoms with Gasteiger partial charge in [0.2, 0.25) is 0 Å². The summed E-state index contributed by atoms with van der Waals surface area (Å²) < 4.78 is 0. The van der Waals surface area contributed by atoms with Crippen LogP contribution in [0.5, 0.6) is 0 Å². The normalized spacial score (nSPS) is 16.3. The maximum absolute atomic E-state index is 4.49. The van der Waals surface area contributed by atoms with E-state index in [0.29, 0.717) is 0 Å². The molecule has 0 aliphatic carbocycles. The van der Waals surface area contributed by atoms with Crippen molar-refractivity contribution in [3.63, 3.8) is 0 Å². The lowest BCUT2D eigenvalue weighted by Gasteiger charge is -2.58. The van der Waals surface area contributed by atoms with Gasteiger partial charge in [-0.05, 0) is 168 Å². The summed E-state index contributed by atoms with van der Waals surface area (Å²) in [5, 5.41) is 0. The second-order valence-corrected chi connectivity index (χ2v) is 214. The Hall–Kier alpha value is 21.9. The summed E-state index contributed by atoms with van der Waals surface area (Å²) in [6, 6.07) is 0. The van der Waals surface area contributed by atoms with Gasteiger partial charge < -0.3 is 0 Å². The van der Waals surface area contributed by atoms with Gasteiger partial charge in [0.15, 0.2) is 0 Å².